The Labute approximate surface area is 128 Å². The number of aromatic nitrogens is 2. The van der Waals surface area contributed by atoms with Crippen LogP contribution in [-0.4, -0.2) is 9.97 Å². The third-order valence-corrected chi connectivity index (χ3v) is 3.55. The molecule has 0 atom stereocenters. The van der Waals surface area contributed by atoms with E-state index < -0.39 is 0 Å². The zero-order valence-electron chi connectivity index (χ0n) is 11.7. The summed E-state index contributed by atoms with van der Waals surface area (Å²) in [5.41, 5.74) is 2.80. The number of aryl methyl sites for hydroxylation is 1. The molecule has 0 unspecified atom stereocenters. The van der Waals surface area contributed by atoms with Gasteiger partial charge in [-0.2, -0.15) is 0 Å². The molecule has 0 aliphatic rings. The molecule has 0 saturated carbocycles. The lowest BCUT2D eigenvalue weighted by molar-refractivity contribution is 0.464. The first-order valence-electron chi connectivity index (χ1n) is 6.87. The summed E-state index contributed by atoms with van der Waals surface area (Å²) in [5.74, 6) is 1.71. The number of pyridine rings is 2. The van der Waals surface area contributed by atoms with Crippen molar-refractivity contribution in [1.82, 2.24) is 9.97 Å². The summed E-state index contributed by atoms with van der Waals surface area (Å²) >= 11 is 5.93. The van der Waals surface area contributed by atoms with E-state index in [9.17, 15) is 0 Å². The zero-order valence-corrected chi connectivity index (χ0v) is 12.5. The predicted molar refractivity (Wildman–Crippen MR) is 85.0 cm³/mol. The number of para-hydroxylation sites is 1. The van der Waals surface area contributed by atoms with Gasteiger partial charge < -0.3 is 4.74 Å². The highest BCUT2D eigenvalue weighted by atomic mass is 35.5. The predicted octanol–water partition coefficient (Wildman–Crippen LogP) is 4.72. The molecule has 2 heterocycles. The maximum Gasteiger partial charge on any atom is 0.219 e. The SMILES string of the molecule is CCc1cc(CCl)cc(Oc2cccc3cccnc23)n1. The summed E-state index contributed by atoms with van der Waals surface area (Å²) in [5, 5.41) is 1.04. The number of fused-ring (bicyclic) bond motifs is 1. The number of benzene rings is 1. The minimum absolute atomic E-state index is 0.444. The van der Waals surface area contributed by atoms with Gasteiger partial charge in [-0.15, -0.1) is 11.6 Å². The van der Waals surface area contributed by atoms with Crippen LogP contribution in [0.1, 0.15) is 18.2 Å². The summed E-state index contributed by atoms with van der Waals surface area (Å²) < 4.78 is 5.94. The fraction of sp³-hybridized carbons (Fsp3) is 0.176. The van der Waals surface area contributed by atoms with Gasteiger partial charge in [0.15, 0.2) is 5.75 Å². The summed E-state index contributed by atoms with van der Waals surface area (Å²) in [6.45, 7) is 2.06. The average Bonchev–Trinajstić information content (AvgIpc) is 2.55. The largest absolute Gasteiger partial charge is 0.437 e. The van der Waals surface area contributed by atoms with Crippen molar-refractivity contribution in [3.8, 4) is 11.6 Å². The lowest BCUT2D eigenvalue weighted by Gasteiger charge is -2.09. The third-order valence-electron chi connectivity index (χ3n) is 3.24. The van der Waals surface area contributed by atoms with Gasteiger partial charge in [0.1, 0.15) is 5.52 Å². The third kappa shape index (κ3) is 2.98. The van der Waals surface area contributed by atoms with E-state index >= 15 is 0 Å². The van der Waals surface area contributed by atoms with Gasteiger partial charge >= 0.3 is 0 Å². The van der Waals surface area contributed by atoms with E-state index in [1.165, 1.54) is 0 Å². The van der Waals surface area contributed by atoms with E-state index in [-0.39, 0.29) is 0 Å². The van der Waals surface area contributed by atoms with Crippen molar-refractivity contribution in [1.29, 1.82) is 0 Å². The van der Waals surface area contributed by atoms with E-state index in [4.69, 9.17) is 16.3 Å². The minimum Gasteiger partial charge on any atom is -0.437 e. The smallest absolute Gasteiger partial charge is 0.219 e. The van der Waals surface area contributed by atoms with E-state index in [2.05, 4.69) is 16.9 Å². The molecule has 3 aromatic rings. The molecule has 21 heavy (non-hydrogen) atoms. The van der Waals surface area contributed by atoms with Crippen LogP contribution in [0.4, 0.5) is 0 Å². The molecule has 1 aromatic carbocycles. The molecular weight excluding hydrogens is 284 g/mol. The van der Waals surface area contributed by atoms with Crippen LogP contribution in [0.3, 0.4) is 0 Å². The van der Waals surface area contributed by atoms with Crippen LogP contribution >= 0.6 is 11.6 Å². The Morgan fingerprint density at radius 1 is 1.14 bits per heavy atom. The van der Waals surface area contributed by atoms with Crippen LogP contribution in [0.15, 0.2) is 48.7 Å². The second-order valence-corrected chi connectivity index (χ2v) is 4.99. The van der Waals surface area contributed by atoms with Crippen molar-refractivity contribution in [2.75, 3.05) is 0 Å². The Hall–Kier alpha value is -2.13. The number of nitrogens with zero attached hydrogens (tertiary/aromatic N) is 2. The second-order valence-electron chi connectivity index (χ2n) is 4.73. The van der Waals surface area contributed by atoms with E-state index in [1.54, 1.807) is 6.20 Å². The summed E-state index contributed by atoms with van der Waals surface area (Å²) in [7, 11) is 0. The van der Waals surface area contributed by atoms with Gasteiger partial charge in [0, 0.05) is 29.2 Å². The van der Waals surface area contributed by atoms with Gasteiger partial charge in [0.25, 0.3) is 0 Å². The lowest BCUT2D eigenvalue weighted by atomic mass is 10.2. The maximum absolute atomic E-state index is 5.94. The number of ether oxygens (including phenoxy) is 1. The molecule has 0 aliphatic carbocycles. The highest BCUT2D eigenvalue weighted by molar-refractivity contribution is 6.17. The van der Waals surface area contributed by atoms with Crippen molar-refractivity contribution in [2.45, 2.75) is 19.2 Å². The van der Waals surface area contributed by atoms with Crippen molar-refractivity contribution in [2.24, 2.45) is 0 Å². The molecule has 0 bridgehead atoms. The van der Waals surface area contributed by atoms with Crippen LogP contribution in [0.5, 0.6) is 11.6 Å². The Bertz CT molecular complexity index is 746. The first kappa shape index (κ1) is 13.8. The van der Waals surface area contributed by atoms with Crippen molar-refractivity contribution in [3.63, 3.8) is 0 Å². The summed E-state index contributed by atoms with van der Waals surface area (Å²) in [4.78, 5) is 8.88. The molecule has 0 N–H and O–H groups in total. The Morgan fingerprint density at radius 3 is 2.81 bits per heavy atom. The van der Waals surface area contributed by atoms with Gasteiger partial charge in [0.2, 0.25) is 5.88 Å². The number of hydrogen-bond acceptors (Lipinski definition) is 3. The van der Waals surface area contributed by atoms with Crippen LogP contribution < -0.4 is 4.74 Å². The number of rotatable bonds is 4. The molecule has 0 saturated heterocycles. The number of hydrogen-bond donors (Lipinski definition) is 0. The first-order chi connectivity index (χ1) is 10.3. The molecule has 0 spiro atoms. The van der Waals surface area contributed by atoms with Crippen molar-refractivity contribution in [3.05, 3.63) is 59.9 Å². The highest BCUT2D eigenvalue weighted by Crippen LogP contribution is 2.28. The number of halogens is 1. The first-order valence-corrected chi connectivity index (χ1v) is 7.41. The van der Waals surface area contributed by atoms with E-state index in [0.29, 0.717) is 17.5 Å². The van der Waals surface area contributed by atoms with Crippen LogP contribution in [0, 0.1) is 0 Å². The fourth-order valence-electron chi connectivity index (χ4n) is 2.20. The molecule has 3 nitrogen and oxygen atoms in total. The minimum atomic E-state index is 0.444. The molecule has 0 amide bonds. The lowest BCUT2D eigenvalue weighted by Crippen LogP contribution is -1.96. The Balaban J connectivity index is 2.02. The van der Waals surface area contributed by atoms with Crippen LogP contribution in [0.2, 0.25) is 0 Å². The molecule has 0 fully saturated rings. The Morgan fingerprint density at radius 2 is 2.00 bits per heavy atom. The van der Waals surface area contributed by atoms with Crippen molar-refractivity contribution >= 4 is 22.5 Å². The quantitative estimate of drug-likeness (QED) is 0.654. The van der Waals surface area contributed by atoms with Crippen LogP contribution in [-0.2, 0) is 12.3 Å². The monoisotopic (exact) mass is 298 g/mol. The summed E-state index contributed by atoms with van der Waals surface area (Å²) in [6, 6.07) is 13.6. The zero-order chi connectivity index (χ0) is 14.7. The van der Waals surface area contributed by atoms with Gasteiger partial charge in [-0.3, -0.25) is 4.98 Å². The molecule has 3 rings (SSSR count). The normalized spacial score (nSPS) is 10.8. The Kier molecular flexibility index (Phi) is 4.02. The van der Waals surface area contributed by atoms with E-state index in [1.807, 2.05) is 42.5 Å². The number of alkyl halides is 1. The molecular formula is C17H15ClN2O. The van der Waals surface area contributed by atoms with Gasteiger partial charge in [-0.1, -0.05) is 25.1 Å². The average molecular weight is 299 g/mol. The standard InChI is InChI=1S/C17H15ClN2O/c1-2-14-9-12(11-18)10-16(20-14)21-15-7-3-5-13-6-4-8-19-17(13)15/h3-10H,2,11H2,1H3. The summed E-state index contributed by atoms with van der Waals surface area (Å²) in [6.07, 6.45) is 2.60. The highest BCUT2D eigenvalue weighted by Gasteiger charge is 2.07. The molecule has 4 heteroatoms. The molecule has 2 aromatic heterocycles. The molecule has 106 valence electrons. The van der Waals surface area contributed by atoms with Gasteiger partial charge in [0.05, 0.1) is 0 Å². The van der Waals surface area contributed by atoms with Crippen LogP contribution in [0.25, 0.3) is 10.9 Å². The fourth-order valence-corrected chi connectivity index (χ4v) is 2.36. The molecule has 0 radical (unpaired) electrons. The van der Waals surface area contributed by atoms with E-state index in [0.717, 1.165) is 28.6 Å². The second kappa shape index (κ2) is 6.10. The van der Waals surface area contributed by atoms with Gasteiger partial charge in [-0.05, 0) is 30.2 Å². The van der Waals surface area contributed by atoms with Gasteiger partial charge in [-0.25, -0.2) is 4.98 Å². The van der Waals surface area contributed by atoms with Crippen molar-refractivity contribution < 1.29 is 4.74 Å². The molecule has 0 aliphatic heterocycles. The maximum atomic E-state index is 5.94. The topological polar surface area (TPSA) is 35.0 Å².